The van der Waals surface area contributed by atoms with Crippen molar-refractivity contribution in [1.82, 2.24) is 9.88 Å². The molecule has 1 amide bonds. The maximum absolute atomic E-state index is 13.0. The first-order valence-electron chi connectivity index (χ1n) is 10.1. The lowest BCUT2D eigenvalue weighted by Crippen LogP contribution is -2.44. The van der Waals surface area contributed by atoms with Crippen LogP contribution in [-0.2, 0) is 5.60 Å². The number of benzene rings is 1. The second-order valence-corrected chi connectivity index (χ2v) is 8.13. The summed E-state index contributed by atoms with van der Waals surface area (Å²) in [5.74, 6) is 0.786. The van der Waals surface area contributed by atoms with E-state index in [1.807, 2.05) is 41.3 Å². The van der Waals surface area contributed by atoms with Gasteiger partial charge in [-0.1, -0.05) is 29.8 Å². The Balaban J connectivity index is 1.52. The van der Waals surface area contributed by atoms with Crippen LogP contribution in [0.15, 0.2) is 42.6 Å². The van der Waals surface area contributed by atoms with Crippen LogP contribution in [0, 0.1) is 0 Å². The molecule has 148 valence electrons. The van der Waals surface area contributed by atoms with Gasteiger partial charge in [-0.15, -0.1) is 0 Å². The fourth-order valence-electron chi connectivity index (χ4n) is 4.28. The Morgan fingerprint density at radius 3 is 2.43 bits per heavy atom. The first kappa shape index (κ1) is 19.2. The van der Waals surface area contributed by atoms with E-state index in [0.717, 1.165) is 37.3 Å². The lowest BCUT2D eigenvalue weighted by Gasteiger charge is -2.40. The number of anilines is 1. The molecule has 0 atom stereocenters. The monoisotopic (exact) mass is 399 g/mol. The summed E-state index contributed by atoms with van der Waals surface area (Å²) in [5, 5.41) is 11.8. The number of pyridine rings is 1. The van der Waals surface area contributed by atoms with Gasteiger partial charge in [0.05, 0.1) is 11.2 Å². The highest BCUT2D eigenvalue weighted by molar-refractivity contribution is 6.31. The molecule has 2 aliphatic heterocycles. The van der Waals surface area contributed by atoms with Crippen LogP contribution in [0.5, 0.6) is 0 Å². The van der Waals surface area contributed by atoms with E-state index in [9.17, 15) is 9.90 Å². The van der Waals surface area contributed by atoms with Crippen molar-refractivity contribution in [3.63, 3.8) is 0 Å². The third kappa shape index (κ3) is 3.74. The number of hydrogen-bond acceptors (Lipinski definition) is 4. The van der Waals surface area contributed by atoms with Crippen LogP contribution >= 0.6 is 11.6 Å². The zero-order chi connectivity index (χ0) is 19.6. The quantitative estimate of drug-likeness (QED) is 0.851. The minimum absolute atomic E-state index is 0.0646. The van der Waals surface area contributed by atoms with Crippen LogP contribution < -0.4 is 4.90 Å². The Morgan fingerprint density at radius 2 is 1.71 bits per heavy atom. The van der Waals surface area contributed by atoms with Crippen molar-refractivity contribution in [2.45, 2.75) is 37.7 Å². The van der Waals surface area contributed by atoms with E-state index >= 15 is 0 Å². The number of hydrogen-bond donors (Lipinski definition) is 1. The van der Waals surface area contributed by atoms with Crippen molar-refractivity contribution in [1.29, 1.82) is 0 Å². The van der Waals surface area contributed by atoms with Gasteiger partial charge in [-0.25, -0.2) is 4.98 Å². The summed E-state index contributed by atoms with van der Waals surface area (Å²) in [6.07, 6.45) is 6.15. The number of nitrogens with zero attached hydrogens (tertiary/aromatic N) is 3. The largest absolute Gasteiger partial charge is 0.385 e. The van der Waals surface area contributed by atoms with Gasteiger partial charge in [0.1, 0.15) is 5.82 Å². The van der Waals surface area contributed by atoms with Gasteiger partial charge in [0.2, 0.25) is 0 Å². The third-order valence-corrected chi connectivity index (χ3v) is 6.26. The molecule has 0 bridgehead atoms. The van der Waals surface area contributed by atoms with Gasteiger partial charge in [0.15, 0.2) is 0 Å². The van der Waals surface area contributed by atoms with Crippen molar-refractivity contribution in [3.05, 3.63) is 58.7 Å². The van der Waals surface area contributed by atoms with Crippen LogP contribution in [0.2, 0.25) is 5.02 Å². The number of carbonyl (C=O) groups excluding carboxylic acids is 1. The molecular formula is C22H26ClN3O2. The first-order valence-corrected chi connectivity index (χ1v) is 10.4. The van der Waals surface area contributed by atoms with Gasteiger partial charge in [-0.3, -0.25) is 4.79 Å². The van der Waals surface area contributed by atoms with Crippen molar-refractivity contribution in [2.75, 3.05) is 31.1 Å². The summed E-state index contributed by atoms with van der Waals surface area (Å²) in [5.41, 5.74) is 0.496. The van der Waals surface area contributed by atoms with Gasteiger partial charge < -0.3 is 14.9 Å². The third-order valence-electron chi connectivity index (χ3n) is 5.93. The molecule has 0 radical (unpaired) electrons. The molecular weight excluding hydrogens is 374 g/mol. The maximum atomic E-state index is 13.0. The van der Waals surface area contributed by atoms with E-state index in [1.54, 1.807) is 6.20 Å². The Morgan fingerprint density at radius 1 is 1.00 bits per heavy atom. The summed E-state index contributed by atoms with van der Waals surface area (Å²) >= 11 is 6.32. The van der Waals surface area contributed by atoms with Crippen LogP contribution in [0.3, 0.4) is 0 Å². The van der Waals surface area contributed by atoms with E-state index in [1.165, 1.54) is 6.42 Å². The molecule has 1 N–H and O–H groups in total. The molecule has 1 aromatic heterocycles. The number of aliphatic hydroxyl groups is 1. The Kier molecular flexibility index (Phi) is 5.56. The van der Waals surface area contributed by atoms with Gasteiger partial charge in [0.25, 0.3) is 5.91 Å². The Hall–Kier alpha value is -2.11. The number of rotatable bonds is 3. The highest BCUT2D eigenvalue weighted by atomic mass is 35.5. The Bertz CT molecular complexity index is 843. The van der Waals surface area contributed by atoms with E-state index in [-0.39, 0.29) is 5.91 Å². The molecule has 0 spiro atoms. The van der Waals surface area contributed by atoms with Gasteiger partial charge in [0, 0.05) is 43.0 Å². The lowest BCUT2D eigenvalue weighted by atomic mass is 9.84. The average Bonchev–Trinajstić information content (AvgIpc) is 2.75. The normalized spacial score (nSPS) is 19.5. The molecule has 0 aliphatic carbocycles. The lowest BCUT2D eigenvalue weighted by molar-refractivity contribution is 0.0117. The molecule has 2 aromatic rings. The second-order valence-electron chi connectivity index (χ2n) is 7.73. The molecule has 0 saturated carbocycles. The number of halogens is 1. The Labute approximate surface area is 170 Å². The van der Waals surface area contributed by atoms with Crippen molar-refractivity contribution < 1.29 is 9.90 Å². The molecule has 2 aliphatic rings. The highest BCUT2D eigenvalue weighted by Crippen LogP contribution is 2.38. The van der Waals surface area contributed by atoms with Gasteiger partial charge >= 0.3 is 0 Å². The van der Waals surface area contributed by atoms with Crippen molar-refractivity contribution in [2.24, 2.45) is 0 Å². The summed E-state index contributed by atoms with van der Waals surface area (Å²) in [4.78, 5) is 21.6. The molecule has 4 rings (SSSR count). The summed E-state index contributed by atoms with van der Waals surface area (Å²) in [6, 6.07) is 11.2. The molecule has 2 saturated heterocycles. The predicted octanol–water partition coefficient (Wildman–Crippen LogP) is 3.85. The van der Waals surface area contributed by atoms with Crippen LogP contribution in [0.25, 0.3) is 0 Å². The molecule has 28 heavy (non-hydrogen) atoms. The number of carbonyl (C=O) groups is 1. The fourth-order valence-corrected chi connectivity index (χ4v) is 4.59. The number of aromatic nitrogens is 1. The topological polar surface area (TPSA) is 56.7 Å². The molecule has 6 heteroatoms. The molecule has 1 aromatic carbocycles. The van der Waals surface area contributed by atoms with Crippen LogP contribution in [-0.4, -0.2) is 47.1 Å². The first-order chi connectivity index (χ1) is 13.6. The zero-order valence-electron chi connectivity index (χ0n) is 16.0. The second kappa shape index (κ2) is 8.10. The van der Waals surface area contributed by atoms with Crippen molar-refractivity contribution >= 4 is 23.3 Å². The van der Waals surface area contributed by atoms with Crippen LogP contribution in [0.1, 0.15) is 48.0 Å². The standard InChI is InChI=1S/C22H26ClN3O2/c23-19-9-3-2-8-18(19)22(28)10-15-25(16-11-22)20-17(7-6-12-24-20)21(27)26-13-4-1-5-14-26/h2-3,6-9,12,28H,1,4-5,10-11,13-16H2. The smallest absolute Gasteiger partial charge is 0.257 e. The number of amides is 1. The van der Waals surface area contributed by atoms with Gasteiger partial charge in [-0.05, 0) is 50.3 Å². The number of likely N-dealkylation sites (tertiary alicyclic amines) is 1. The fraction of sp³-hybridized carbons (Fsp3) is 0.455. The van der Waals surface area contributed by atoms with E-state index < -0.39 is 5.60 Å². The molecule has 5 nitrogen and oxygen atoms in total. The minimum atomic E-state index is -0.944. The van der Waals surface area contributed by atoms with E-state index in [2.05, 4.69) is 9.88 Å². The van der Waals surface area contributed by atoms with Crippen molar-refractivity contribution in [3.8, 4) is 0 Å². The summed E-state index contributed by atoms with van der Waals surface area (Å²) in [7, 11) is 0. The molecule has 2 fully saturated rings. The predicted molar refractivity (Wildman–Crippen MR) is 111 cm³/mol. The van der Waals surface area contributed by atoms with E-state index in [4.69, 9.17) is 11.6 Å². The van der Waals surface area contributed by atoms with Gasteiger partial charge in [-0.2, -0.15) is 0 Å². The SMILES string of the molecule is O=C(c1cccnc1N1CCC(O)(c2ccccc2Cl)CC1)N1CCCCC1. The average molecular weight is 400 g/mol. The highest BCUT2D eigenvalue weighted by Gasteiger charge is 2.36. The van der Waals surface area contributed by atoms with E-state index in [0.29, 0.717) is 36.5 Å². The van der Waals surface area contributed by atoms with Crippen LogP contribution in [0.4, 0.5) is 5.82 Å². The summed E-state index contributed by atoms with van der Waals surface area (Å²) < 4.78 is 0. The molecule has 0 unspecified atom stereocenters. The molecule has 3 heterocycles. The zero-order valence-corrected chi connectivity index (χ0v) is 16.7. The number of piperidine rings is 2. The summed E-state index contributed by atoms with van der Waals surface area (Å²) in [6.45, 7) is 2.89. The maximum Gasteiger partial charge on any atom is 0.257 e. The minimum Gasteiger partial charge on any atom is -0.385 e.